The summed E-state index contributed by atoms with van der Waals surface area (Å²) in [6.45, 7) is 1.77. The minimum Gasteiger partial charge on any atom is -0.612 e. The summed E-state index contributed by atoms with van der Waals surface area (Å²) in [6.07, 6.45) is 0. The maximum absolute atomic E-state index is 10.5. The standard InChI is InChI=1S/C6H6N2O2.K/c1-2-10-6(9)5(3-7)4-8;/h9H,2H2,1H3;/q;+1/p-1. The van der Waals surface area contributed by atoms with Gasteiger partial charge in [0.05, 0.1) is 5.95 Å². The number of nitriles is 2. The molecule has 0 aliphatic carbocycles. The van der Waals surface area contributed by atoms with Crippen LogP contribution in [0.4, 0.5) is 0 Å². The number of hydrogen-bond donors (Lipinski definition) is 0. The Kier molecular flexibility index (Phi) is 9.92. The van der Waals surface area contributed by atoms with Gasteiger partial charge in [-0.15, -0.1) is 0 Å². The van der Waals surface area contributed by atoms with Crippen molar-refractivity contribution < 1.29 is 61.2 Å². The zero-order valence-corrected chi connectivity index (χ0v) is 9.54. The first-order valence-electron chi connectivity index (χ1n) is 2.60. The zero-order valence-electron chi connectivity index (χ0n) is 6.42. The molecule has 0 heterocycles. The molecule has 0 aliphatic rings. The summed E-state index contributed by atoms with van der Waals surface area (Å²) in [7, 11) is 0. The van der Waals surface area contributed by atoms with Gasteiger partial charge in [-0.25, -0.2) is 0 Å². The fraction of sp³-hybridized carbons (Fsp3) is 0.333. The molecular weight excluding hydrogens is 171 g/mol. The summed E-state index contributed by atoms with van der Waals surface area (Å²) in [6, 6.07) is 2.83. The first-order valence-corrected chi connectivity index (χ1v) is 2.60. The van der Waals surface area contributed by atoms with E-state index in [9.17, 15) is 5.11 Å². The Balaban J connectivity index is 0. The molecule has 0 aromatic carbocycles. The molecule has 0 saturated carbocycles. The van der Waals surface area contributed by atoms with Gasteiger partial charge >= 0.3 is 51.4 Å². The van der Waals surface area contributed by atoms with Crippen LogP contribution in [-0.4, -0.2) is 6.61 Å². The Morgan fingerprint density at radius 2 is 1.91 bits per heavy atom. The van der Waals surface area contributed by atoms with Gasteiger partial charge in [0.2, 0.25) is 0 Å². The van der Waals surface area contributed by atoms with Crippen molar-refractivity contribution in [1.82, 2.24) is 0 Å². The fourth-order valence-electron chi connectivity index (χ4n) is 0.320. The van der Waals surface area contributed by atoms with Crippen LogP contribution in [0.15, 0.2) is 11.5 Å². The van der Waals surface area contributed by atoms with E-state index in [1.165, 1.54) is 12.1 Å². The van der Waals surface area contributed by atoms with Gasteiger partial charge in [-0.3, -0.25) is 0 Å². The minimum atomic E-state index is -0.854. The topological polar surface area (TPSA) is 79.9 Å². The molecule has 0 fully saturated rings. The third kappa shape index (κ3) is 5.25. The molecule has 0 saturated heterocycles. The predicted octanol–water partition coefficient (Wildman–Crippen LogP) is -3.35. The van der Waals surface area contributed by atoms with E-state index in [1.54, 1.807) is 6.92 Å². The second-order valence-corrected chi connectivity index (χ2v) is 1.32. The molecule has 0 spiro atoms. The molecule has 0 aliphatic heterocycles. The van der Waals surface area contributed by atoms with Crippen molar-refractivity contribution in [2.75, 3.05) is 6.61 Å². The second-order valence-electron chi connectivity index (χ2n) is 1.32. The number of hydrogen-bond acceptors (Lipinski definition) is 4. The quantitative estimate of drug-likeness (QED) is 0.250. The average molecular weight is 176 g/mol. The molecule has 0 rings (SSSR count). The van der Waals surface area contributed by atoms with Gasteiger partial charge in [0.1, 0.15) is 12.1 Å². The Bertz CT molecular complexity index is 208. The molecule has 0 unspecified atom stereocenters. The molecule has 0 atom stereocenters. The van der Waals surface area contributed by atoms with Gasteiger partial charge in [-0.2, -0.15) is 10.5 Å². The van der Waals surface area contributed by atoms with E-state index in [4.69, 9.17) is 10.5 Å². The first-order chi connectivity index (χ1) is 4.76. The van der Waals surface area contributed by atoms with Crippen LogP contribution in [0.25, 0.3) is 0 Å². The molecule has 0 N–H and O–H groups in total. The van der Waals surface area contributed by atoms with E-state index in [0.29, 0.717) is 0 Å². The molecule has 52 valence electrons. The molecule has 0 radical (unpaired) electrons. The van der Waals surface area contributed by atoms with Gasteiger partial charge in [-0.1, -0.05) is 6.92 Å². The first kappa shape index (κ1) is 13.5. The van der Waals surface area contributed by atoms with E-state index in [2.05, 4.69) is 4.74 Å². The van der Waals surface area contributed by atoms with Crippen LogP contribution in [0, 0.1) is 22.7 Å². The molecule has 4 nitrogen and oxygen atoms in total. The Morgan fingerprint density at radius 1 is 1.45 bits per heavy atom. The Hall–Kier alpha value is -0.0436. The van der Waals surface area contributed by atoms with Gasteiger partial charge in [-0.05, 0) is 6.61 Å². The maximum Gasteiger partial charge on any atom is 1.00 e. The van der Waals surface area contributed by atoms with Crippen molar-refractivity contribution in [1.29, 1.82) is 10.5 Å². The summed E-state index contributed by atoms with van der Waals surface area (Å²) in [5.74, 6) is -0.854. The van der Waals surface area contributed by atoms with Crippen molar-refractivity contribution in [3.63, 3.8) is 0 Å². The number of ether oxygens (including phenoxy) is 1. The smallest absolute Gasteiger partial charge is 0.612 e. The van der Waals surface area contributed by atoms with Crippen LogP contribution in [-0.2, 0) is 4.74 Å². The van der Waals surface area contributed by atoms with E-state index < -0.39 is 11.5 Å². The van der Waals surface area contributed by atoms with Gasteiger partial charge in [0.15, 0.2) is 5.57 Å². The third-order valence-corrected chi connectivity index (χ3v) is 0.703. The van der Waals surface area contributed by atoms with Crippen molar-refractivity contribution in [3.8, 4) is 12.1 Å². The van der Waals surface area contributed by atoms with Gasteiger partial charge in [0.25, 0.3) is 0 Å². The third-order valence-electron chi connectivity index (χ3n) is 0.703. The van der Waals surface area contributed by atoms with Crippen LogP contribution >= 0.6 is 0 Å². The summed E-state index contributed by atoms with van der Waals surface area (Å²) in [5, 5.41) is 26.7. The summed E-state index contributed by atoms with van der Waals surface area (Å²) < 4.78 is 4.36. The molecule has 11 heavy (non-hydrogen) atoms. The van der Waals surface area contributed by atoms with Crippen LogP contribution in [0.2, 0.25) is 0 Å². The monoisotopic (exact) mass is 176 g/mol. The summed E-state index contributed by atoms with van der Waals surface area (Å²) in [5.41, 5.74) is -0.512. The zero-order chi connectivity index (χ0) is 7.98. The van der Waals surface area contributed by atoms with Crippen molar-refractivity contribution in [3.05, 3.63) is 11.5 Å². The molecule has 0 aromatic rings. The van der Waals surface area contributed by atoms with Crippen LogP contribution in [0.5, 0.6) is 0 Å². The van der Waals surface area contributed by atoms with Crippen LogP contribution in [0.1, 0.15) is 6.92 Å². The van der Waals surface area contributed by atoms with Gasteiger partial charge in [0, 0.05) is 0 Å². The van der Waals surface area contributed by atoms with E-state index >= 15 is 0 Å². The van der Waals surface area contributed by atoms with Gasteiger partial charge < -0.3 is 9.84 Å². The Labute approximate surface area is 107 Å². The van der Waals surface area contributed by atoms with E-state index in [1.807, 2.05) is 0 Å². The molecule has 0 bridgehead atoms. The number of rotatable bonds is 2. The predicted molar refractivity (Wildman–Crippen MR) is 29.9 cm³/mol. The molecule has 0 aromatic heterocycles. The number of nitrogens with zero attached hydrogens (tertiary/aromatic N) is 2. The average Bonchev–Trinajstić information content (AvgIpc) is 1.91. The van der Waals surface area contributed by atoms with Crippen molar-refractivity contribution in [2.45, 2.75) is 6.92 Å². The van der Waals surface area contributed by atoms with Crippen molar-refractivity contribution in [2.24, 2.45) is 0 Å². The van der Waals surface area contributed by atoms with E-state index in [0.717, 1.165) is 0 Å². The fourth-order valence-corrected chi connectivity index (χ4v) is 0.320. The largest absolute Gasteiger partial charge is 1.00 e. The number of allylic oxidation sites excluding steroid dienone is 1. The van der Waals surface area contributed by atoms with E-state index in [-0.39, 0.29) is 58.0 Å². The van der Waals surface area contributed by atoms with Crippen LogP contribution in [0.3, 0.4) is 0 Å². The van der Waals surface area contributed by atoms with Crippen molar-refractivity contribution >= 4 is 0 Å². The van der Waals surface area contributed by atoms with Crippen LogP contribution < -0.4 is 56.5 Å². The molecular formula is C6H5KN2O2. The second kappa shape index (κ2) is 8.06. The normalized spacial score (nSPS) is 6.45. The SMILES string of the molecule is CCOC([O-])=C(C#N)C#N.[K+]. The Morgan fingerprint density at radius 3 is 2.18 bits per heavy atom. The maximum atomic E-state index is 10.5. The summed E-state index contributed by atoms with van der Waals surface area (Å²) in [4.78, 5) is 0. The molecule has 0 amide bonds. The molecule has 5 heteroatoms. The minimum absolute atomic E-state index is 0. The summed E-state index contributed by atoms with van der Waals surface area (Å²) >= 11 is 0.